The molecule has 2 unspecified atom stereocenters. The number of rotatable bonds is 1. The number of benzene rings is 1. The molecule has 1 aromatic rings. The van der Waals surface area contributed by atoms with E-state index < -0.39 is 5.82 Å². The van der Waals surface area contributed by atoms with Crippen LogP contribution in [0.4, 0.5) is 10.1 Å². The second-order valence-corrected chi connectivity index (χ2v) is 5.46. The maximum absolute atomic E-state index is 13.8. The normalized spacial score (nSPS) is 29.6. The minimum atomic E-state index is -0.537. The van der Waals surface area contributed by atoms with Crippen molar-refractivity contribution >= 4 is 11.6 Å². The van der Waals surface area contributed by atoms with Crippen LogP contribution in [0.3, 0.4) is 0 Å². The molecule has 102 valence electrons. The summed E-state index contributed by atoms with van der Waals surface area (Å²) in [6.45, 7) is 0. The molecule has 1 amide bonds. The third-order valence-corrected chi connectivity index (χ3v) is 4.16. The van der Waals surface area contributed by atoms with Crippen molar-refractivity contribution in [3.63, 3.8) is 0 Å². The van der Waals surface area contributed by atoms with Crippen LogP contribution in [-0.4, -0.2) is 34.1 Å². The number of fused-ring (bicyclic) bond motifs is 2. The number of amides is 1. The van der Waals surface area contributed by atoms with Gasteiger partial charge in [0.15, 0.2) is 0 Å². The molecule has 2 saturated heterocycles. The lowest BCUT2D eigenvalue weighted by molar-refractivity contribution is 0.0284. The van der Waals surface area contributed by atoms with Crippen molar-refractivity contribution < 1.29 is 14.3 Å². The number of nitrogen functional groups attached to an aromatic ring is 1. The number of carbonyl (C=O) groups excluding carboxylic acids is 1. The SMILES string of the molecule is Nc1ccc(F)c(C(=O)N2C3CCC2CC(O)C3)c1. The van der Waals surface area contributed by atoms with E-state index in [4.69, 9.17) is 5.73 Å². The Labute approximate surface area is 111 Å². The topological polar surface area (TPSA) is 66.6 Å². The van der Waals surface area contributed by atoms with Gasteiger partial charge in [0.05, 0.1) is 11.7 Å². The minimum absolute atomic E-state index is 0.0297. The van der Waals surface area contributed by atoms with Crippen LogP contribution in [0.15, 0.2) is 18.2 Å². The van der Waals surface area contributed by atoms with Gasteiger partial charge in [0.25, 0.3) is 5.91 Å². The quantitative estimate of drug-likeness (QED) is 0.756. The zero-order valence-corrected chi connectivity index (χ0v) is 10.6. The number of nitrogens with two attached hydrogens (primary N) is 1. The van der Waals surface area contributed by atoms with Crippen LogP contribution in [0.2, 0.25) is 0 Å². The highest BCUT2D eigenvalue weighted by atomic mass is 19.1. The zero-order valence-electron chi connectivity index (χ0n) is 10.6. The van der Waals surface area contributed by atoms with Gasteiger partial charge < -0.3 is 15.7 Å². The molecule has 2 aliphatic rings. The maximum Gasteiger partial charge on any atom is 0.257 e. The number of aliphatic hydroxyl groups excluding tert-OH is 1. The molecule has 0 saturated carbocycles. The summed E-state index contributed by atoms with van der Waals surface area (Å²) in [5, 5.41) is 9.73. The van der Waals surface area contributed by atoms with Crippen molar-refractivity contribution in [2.24, 2.45) is 0 Å². The first kappa shape index (κ1) is 12.4. The highest BCUT2D eigenvalue weighted by molar-refractivity contribution is 5.96. The Morgan fingerprint density at radius 3 is 2.58 bits per heavy atom. The molecule has 3 N–H and O–H groups in total. The van der Waals surface area contributed by atoms with Gasteiger partial charge in [-0.15, -0.1) is 0 Å². The number of nitrogens with zero attached hydrogens (tertiary/aromatic N) is 1. The van der Waals surface area contributed by atoms with Crippen LogP contribution < -0.4 is 5.73 Å². The lowest BCUT2D eigenvalue weighted by atomic mass is 9.98. The van der Waals surface area contributed by atoms with E-state index in [0.29, 0.717) is 18.5 Å². The number of halogens is 1. The predicted octanol–water partition coefficient (Wildman–Crippen LogP) is 1.54. The third kappa shape index (κ3) is 2.08. The summed E-state index contributed by atoms with van der Waals surface area (Å²) in [5.41, 5.74) is 6.04. The lowest BCUT2D eigenvalue weighted by Gasteiger charge is -2.37. The van der Waals surface area contributed by atoms with Crippen molar-refractivity contribution in [3.05, 3.63) is 29.6 Å². The van der Waals surface area contributed by atoms with Crippen LogP contribution in [0.25, 0.3) is 0 Å². The Morgan fingerprint density at radius 1 is 1.32 bits per heavy atom. The highest BCUT2D eigenvalue weighted by Gasteiger charge is 2.43. The molecular formula is C14H17FN2O2. The molecule has 0 aliphatic carbocycles. The molecule has 1 aromatic carbocycles. The first-order chi connectivity index (χ1) is 9.06. The Bertz CT molecular complexity index is 506. The van der Waals surface area contributed by atoms with Crippen LogP contribution >= 0.6 is 0 Å². The van der Waals surface area contributed by atoms with E-state index in [1.54, 1.807) is 4.90 Å². The Balaban J connectivity index is 1.90. The van der Waals surface area contributed by atoms with Crippen LogP contribution in [0.5, 0.6) is 0 Å². The second-order valence-electron chi connectivity index (χ2n) is 5.46. The van der Waals surface area contributed by atoms with Gasteiger partial charge in [-0.25, -0.2) is 4.39 Å². The first-order valence-corrected chi connectivity index (χ1v) is 6.62. The molecule has 2 bridgehead atoms. The summed E-state index contributed by atoms with van der Waals surface area (Å²) in [7, 11) is 0. The molecule has 2 fully saturated rings. The molecular weight excluding hydrogens is 247 g/mol. The molecule has 0 aromatic heterocycles. The molecule has 2 aliphatic heterocycles. The average molecular weight is 264 g/mol. The van der Waals surface area contributed by atoms with Gasteiger partial charge >= 0.3 is 0 Å². The van der Waals surface area contributed by atoms with E-state index >= 15 is 0 Å². The van der Waals surface area contributed by atoms with Gasteiger partial charge in [0.1, 0.15) is 5.82 Å². The van der Waals surface area contributed by atoms with Crippen molar-refractivity contribution in [1.82, 2.24) is 4.90 Å². The third-order valence-electron chi connectivity index (χ3n) is 4.16. The molecule has 0 spiro atoms. The van der Waals surface area contributed by atoms with Crippen molar-refractivity contribution in [2.45, 2.75) is 43.9 Å². The summed E-state index contributed by atoms with van der Waals surface area (Å²) >= 11 is 0. The summed E-state index contributed by atoms with van der Waals surface area (Å²) < 4.78 is 13.8. The standard InChI is InChI=1S/C14H17FN2O2/c15-13-4-1-8(16)5-12(13)14(19)17-9-2-3-10(17)7-11(18)6-9/h1,4-5,9-11,18H,2-3,6-7,16H2. The average Bonchev–Trinajstić information content (AvgIpc) is 2.64. The number of hydrogen-bond donors (Lipinski definition) is 2. The second kappa shape index (κ2) is 4.49. The van der Waals surface area contributed by atoms with E-state index in [1.165, 1.54) is 18.2 Å². The van der Waals surface area contributed by atoms with Crippen LogP contribution in [-0.2, 0) is 0 Å². The van der Waals surface area contributed by atoms with Gasteiger partial charge in [-0.1, -0.05) is 0 Å². The smallest absolute Gasteiger partial charge is 0.257 e. The van der Waals surface area contributed by atoms with Crippen LogP contribution in [0.1, 0.15) is 36.0 Å². The van der Waals surface area contributed by atoms with E-state index in [0.717, 1.165) is 12.8 Å². The lowest BCUT2D eigenvalue weighted by Crippen LogP contribution is -2.48. The van der Waals surface area contributed by atoms with Gasteiger partial charge in [-0.05, 0) is 43.9 Å². The highest BCUT2D eigenvalue weighted by Crippen LogP contribution is 2.37. The number of carbonyl (C=O) groups is 1. The molecule has 2 heterocycles. The molecule has 5 heteroatoms. The first-order valence-electron chi connectivity index (χ1n) is 6.62. The monoisotopic (exact) mass is 264 g/mol. The zero-order chi connectivity index (χ0) is 13.6. The van der Waals surface area contributed by atoms with Gasteiger partial charge in [-0.2, -0.15) is 0 Å². The largest absolute Gasteiger partial charge is 0.399 e. The van der Waals surface area contributed by atoms with E-state index in [2.05, 4.69) is 0 Å². The summed E-state index contributed by atoms with van der Waals surface area (Å²) in [6.07, 6.45) is 2.61. The number of hydrogen-bond acceptors (Lipinski definition) is 3. The summed E-state index contributed by atoms with van der Waals surface area (Å²) in [6, 6.07) is 4.12. The van der Waals surface area contributed by atoms with Crippen LogP contribution in [0, 0.1) is 5.82 Å². The fourth-order valence-corrected chi connectivity index (χ4v) is 3.33. The molecule has 2 atom stereocenters. The fourth-order valence-electron chi connectivity index (χ4n) is 3.33. The summed E-state index contributed by atoms with van der Waals surface area (Å²) in [5.74, 6) is -0.839. The Hall–Kier alpha value is -1.62. The predicted molar refractivity (Wildman–Crippen MR) is 69.0 cm³/mol. The van der Waals surface area contributed by atoms with Crippen molar-refractivity contribution in [2.75, 3.05) is 5.73 Å². The fraction of sp³-hybridized carbons (Fsp3) is 0.500. The minimum Gasteiger partial charge on any atom is -0.399 e. The Kier molecular flexibility index (Phi) is 2.93. The van der Waals surface area contributed by atoms with Gasteiger partial charge in [-0.3, -0.25) is 4.79 Å². The molecule has 19 heavy (non-hydrogen) atoms. The molecule has 3 rings (SSSR count). The van der Waals surface area contributed by atoms with E-state index in [1.807, 2.05) is 0 Å². The van der Waals surface area contributed by atoms with Gasteiger partial charge in [0, 0.05) is 17.8 Å². The van der Waals surface area contributed by atoms with Crippen molar-refractivity contribution in [3.8, 4) is 0 Å². The summed E-state index contributed by atoms with van der Waals surface area (Å²) in [4.78, 5) is 14.2. The number of anilines is 1. The molecule has 4 nitrogen and oxygen atoms in total. The van der Waals surface area contributed by atoms with E-state index in [9.17, 15) is 14.3 Å². The van der Waals surface area contributed by atoms with Crippen molar-refractivity contribution in [1.29, 1.82) is 0 Å². The maximum atomic E-state index is 13.8. The number of aliphatic hydroxyl groups is 1. The molecule has 0 radical (unpaired) electrons. The van der Waals surface area contributed by atoms with E-state index in [-0.39, 0.29) is 29.7 Å². The number of piperidine rings is 1. The van der Waals surface area contributed by atoms with Gasteiger partial charge in [0.2, 0.25) is 0 Å². The Morgan fingerprint density at radius 2 is 1.95 bits per heavy atom.